The van der Waals surface area contributed by atoms with Crippen molar-refractivity contribution in [3.8, 4) is 0 Å². The number of halogens is 3. The Labute approximate surface area is 184 Å². The number of amides is 2. The molecule has 1 saturated heterocycles. The molecular weight excluding hydrogens is 424 g/mol. The summed E-state index contributed by atoms with van der Waals surface area (Å²) in [5, 5.41) is 0.504. The van der Waals surface area contributed by atoms with Crippen LogP contribution >= 0.6 is 11.6 Å². The van der Waals surface area contributed by atoms with E-state index in [1.54, 1.807) is 31.3 Å². The first-order valence-corrected chi connectivity index (χ1v) is 10.4. The van der Waals surface area contributed by atoms with E-state index in [2.05, 4.69) is 4.90 Å². The number of likely N-dealkylation sites (tertiary alicyclic amines) is 1. The van der Waals surface area contributed by atoms with Crippen molar-refractivity contribution in [3.05, 3.63) is 70.4 Å². The molecule has 2 amide bonds. The summed E-state index contributed by atoms with van der Waals surface area (Å²) in [6.45, 7) is 1.77. The zero-order valence-corrected chi connectivity index (χ0v) is 18.0. The van der Waals surface area contributed by atoms with E-state index in [-0.39, 0.29) is 23.0 Å². The highest BCUT2D eigenvalue weighted by Crippen LogP contribution is 2.36. The SMILES string of the molecule is CN1CCC(N(C)C2=C(c3ccc(Cl)cc3)C(=O)N(c3ccc(F)c(F)c3)C2=O)CC1. The number of carbonyl (C=O) groups excluding carboxylic acids is 2. The van der Waals surface area contributed by atoms with Crippen LogP contribution in [0, 0.1) is 11.6 Å². The number of rotatable bonds is 4. The molecule has 0 unspecified atom stereocenters. The number of carbonyl (C=O) groups is 2. The summed E-state index contributed by atoms with van der Waals surface area (Å²) >= 11 is 6.00. The van der Waals surface area contributed by atoms with Crippen molar-refractivity contribution in [2.75, 3.05) is 32.1 Å². The first kappa shape index (κ1) is 21.5. The lowest BCUT2D eigenvalue weighted by Gasteiger charge is -2.36. The molecule has 162 valence electrons. The second-order valence-corrected chi connectivity index (χ2v) is 8.36. The second kappa shape index (κ2) is 8.40. The third-order valence-electron chi connectivity index (χ3n) is 5.94. The van der Waals surface area contributed by atoms with Gasteiger partial charge in [0.2, 0.25) is 0 Å². The number of likely N-dealkylation sites (N-methyl/N-ethyl adjacent to an activating group) is 1. The van der Waals surface area contributed by atoms with Crippen molar-refractivity contribution < 1.29 is 18.4 Å². The van der Waals surface area contributed by atoms with Gasteiger partial charge in [-0.3, -0.25) is 9.59 Å². The molecule has 0 atom stereocenters. The lowest BCUT2D eigenvalue weighted by Crippen LogP contribution is -2.43. The summed E-state index contributed by atoms with van der Waals surface area (Å²) < 4.78 is 27.3. The minimum atomic E-state index is -1.12. The summed E-state index contributed by atoms with van der Waals surface area (Å²) in [6.07, 6.45) is 1.69. The highest BCUT2D eigenvalue weighted by atomic mass is 35.5. The number of benzene rings is 2. The molecule has 2 aliphatic rings. The van der Waals surface area contributed by atoms with Gasteiger partial charge in [0.05, 0.1) is 11.3 Å². The van der Waals surface area contributed by atoms with Crippen molar-refractivity contribution in [2.45, 2.75) is 18.9 Å². The fraction of sp³-hybridized carbons (Fsp3) is 0.304. The molecule has 2 aromatic rings. The van der Waals surface area contributed by atoms with Crippen LogP contribution < -0.4 is 4.90 Å². The smallest absolute Gasteiger partial charge is 0.282 e. The first-order chi connectivity index (χ1) is 14.8. The first-order valence-electron chi connectivity index (χ1n) is 10.0. The van der Waals surface area contributed by atoms with Crippen molar-refractivity contribution in [1.29, 1.82) is 0 Å². The van der Waals surface area contributed by atoms with Crippen molar-refractivity contribution in [2.24, 2.45) is 0 Å². The number of nitrogens with zero attached hydrogens (tertiary/aromatic N) is 3. The molecule has 0 bridgehead atoms. The molecule has 2 aliphatic heterocycles. The standard InChI is InChI=1S/C23H22ClF2N3O2/c1-27-11-9-16(10-12-27)28(2)21-20(14-3-5-15(24)6-4-14)22(30)29(23(21)31)17-7-8-18(25)19(26)13-17/h3-8,13,16H,9-12H2,1-2H3. The quantitative estimate of drug-likeness (QED) is 0.669. The molecule has 0 radical (unpaired) electrons. The topological polar surface area (TPSA) is 43.9 Å². The van der Waals surface area contributed by atoms with Gasteiger partial charge in [0, 0.05) is 24.2 Å². The van der Waals surface area contributed by atoms with E-state index in [4.69, 9.17) is 11.6 Å². The molecule has 2 aromatic carbocycles. The highest BCUT2D eigenvalue weighted by Gasteiger charge is 2.43. The van der Waals surface area contributed by atoms with E-state index >= 15 is 0 Å². The molecule has 0 spiro atoms. The maximum absolute atomic E-state index is 13.9. The van der Waals surface area contributed by atoms with Crippen LogP contribution in [0.25, 0.3) is 5.57 Å². The average molecular weight is 446 g/mol. The van der Waals surface area contributed by atoms with Gasteiger partial charge in [-0.25, -0.2) is 13.7 Å². The molecule has 8 heteroatoms. The summed E-state index contributed by atoms with van der Waals surface area (Å²) in [5.74, 6) is -3.30. The van der Waals surface area contributed by atoms with Gasteiger partial charge in [-0.2, -0.15) is 0 Å². The molecule has 2 heterocycles. The van der Waals surface area contributed by atoms with Crippen LogP contribution in [0.3, 0.4) is 0 Å². The predicted octanol–water partition coefficient (Wildman–Crippen LogP) is 3.93. The summed E-state index contributed by atoms with van der Waals surface area (Å²) in [5.41, 5.74) is 1.02. The zero-order valence-electron chi connectivity index (χ0n) is 17.2. The largest absolute Gasteiger partial charge is 0.366 e. The summed E-state index contributed by atoms with van der Waals surface area (Å²) in [4.78, 5) is 31.9. The van der Waals surface area contributed by atoms with Crippen LogP contribution in [0.1, 0.15) is 18.4 Å². The van der Waals surface area contributed by atoms with E-state index in [9.17, 15) is 18.4 Å². The Morgan fingerprint density at radius 2 is 1.61 bits per heavy atom. The molecule has 31 heavy (non-hydrogen) atoms. The van der Waals surface area contributed by atoms with Crippen molar-refractivity contribution in [3.63, 3.8) is 0 Å². The van der Waals surface area contributed by atoms with E-state index in [1.165, 1.54) is 6.07 Å². The Bertz CT molecular complexity index is 1060. The zero-order chi connectivity index (χ0) is 22.3. The lowest BCUT2D eigenvalue weighted by atomic mass is 10.0. The highest BCUT2D eigenvalue weighted by molar-refractivity contribution is 6.45. The van der Waals surface area contributed by atoms with Crippen LogP contribution in [-0.2, 0) is 9.59 Å². The summed E-state index contributed by atoms with van der Waals surface area (Å²) in [6, 6.07) is 9.74. The predicted molar refractivity (Wildman–Crippen MR) is 116 cm³/mol. The van der Waals surface area contributed by atoms with Crippen LogP contribution in [-0.4, -0.2) is 54.8 Å². The summed E-state index contributed by atoms with van der Waals surface area (Å²) in [7, 11) is 3.85. The molecule has 0 aromatic heterocycles. The normalized spacial score (nSPS) is 18.3. The van der Waals surface area contributed by atoms with Crippen LogP contribution in [0.5, 0.6) is 0 Å². The van der Waals surface area contributed by atoms with Gasteiger partial charge < -0.3 is 9.80 Å². The lowest BCUT2D eigenvalue weighted by molar-refractivity contribution is -0.120. The number of piperidine rings is 1. The van der Waals surface area contributed by atoms with Gasteiger partial charge in [-0.1, -0.05) is 23.7 Å². The van der Waals surface area contributed by atoms with E-state index in [0.29, 0.717) is 10.6 Å². The number of hydrogen-bond acceptors (Lipinski definition) is 4. The van der Waals surface area contributed by atoms with Gasteiger partial charge >= 0.3 is 0 Å². The third kappa shape index (κ3) is 3.95. The Morgan fingerprint density at radius 3 is 2.23 bits per heavy atom. The molecule has 1 fully saturated rings. The fourth-order valence-electron chi connectivity index (χ4n) is 4.15. The Balaban J connectivity index is 1.79. The van der Waals surface area contributed by atoms with Crippen LogP contribution in [0.4, 0.5) is 14.5 Å². The number of hydrogen-bond donors (Lipinski definition) is 0. The molecular formula is C23H22ClF2N3O2. The molecule has 4 rings (SSSR count). The van der Waals surface area contributed by atoms with Gasteiger partial charge in [0.15, 0.2) is 11.6 Å². The molecule has 0 saturated carbocycles. The molecule has 5 nitrogen and oxygen atoms in total. The van der Waals surface area contributed by atoms with E-state index in [0.717, 1.165) is 43.0 Å². The fourth-order valence-corrected chi connectivity index (χ4v) is 4.27. The Hall–Kier alpha value is -2.77. The Morgan fingerprint density at radius 1 is 0.968 bits per heavy atom. The van der Waals surface area contributed by atoms with E-state index in [1.807, 2.05) is 11.9 Å². The van der Waals surface area contributed by atoms with Crippen LogP contribution in [0.2, 0.25) is 5.02 Å². The van der Waals surface area contributed by atoms with Crippen molar-refractivity contribution in [1.82, 2.24) is 9.80 Å². The van der Waals surface area contributed by atoms with Gasteiger partial charge in [-0.15, -0.1) is 0 Å². The number of anilines is 1. The molecule has 0 N–H and O–H groups in total. The number of imide groups is 1. The molecule has 0 aliphatic carbocycles. The van der Waals surface area contributed by atoms with E-state index < -0.39 is 23.4 Å². The van der Waals surface area contributed by atoms with Crippen molar-refractivity contribution >= 4 is 34.7 Å². The Kier molecular flexibility index (Phi) is 5.81. The average Bonchev–Trinajstić information content (AvgIpc) is 3.01. The van der Waals surface area contributed by atoms with Gasteiger partial charge in [0.1, 0.15) is 5.70 Å². The van der Waals surface area contributed by atoms with Gasteiger partial charge in [-0.05, 0) is 62.8 Å². The van der Waals surface area contributed by atoms with Crippen LogP contribution in [0.15, 0.2) is 48.2 Å². The monoisotopic (exact) mass is 445 g/mol. The maximum Gasteiger partial charge on any atom is 0.282 e. The third-order valence-corrected chi connectivity index (χ3v) is 6.19. The minimum absolute atomic E-state index is 0.00728. The second-order valence-electron chi connectivity index (χ2n) is 7.92. The maximum atomic E-state index is 13.9. The minimum Gasteiger partial charge on any atom is -0.366 e. The van der Waals surface area contributed by atoms with Gasteiger partial charge in [0.25, 0.3) is 11.8 Å².